The predicted molar refractivity (Wildman–Crippen MR) is 261 cm³/mol. The van der Waals surface area contributed by atoms with Crippen molar-refractivity contribution in [2.45, 2.75) is 26.2 Å². The quantitative estimate of drug-likeness (QED) is 0.149. The Kier molecular flexibility index (Phi) is 7.74. The average Bonchev–Trinajstić information content (AvgIpc) is 4.10. The Morgan fingerprint density at radius 2 is 1.35 bits per heavy atom. The molecule has 0 radical (unpaired) electrons. The number of ether oxygens (including phenoxy) is 1. The molecule has 0 saturated heterocycles. The van der Waals surface area contributed by atoms with Gasteiger partial charge in [-0.25, -0.2) is 4.98 Å². The van der Waals surface area contributed by atoms with Crippen molar-refractivity contribution in [3.05, 3.63) is 212 Å². The molecule has 0 aliphatic carbocycles. The summed E-state index contributed by atoms with van der Waals surface area (Å²) in [7, 11) is 0. The monoisotopic (exact) mass is 1030 g/mol. The van der Waals surface area contributed by atoms with Gasteiger partial charge in [0.25, 0.3) is 0 Å². The van der Waals surface area contributed by atoms with Crippen molar-refractivity contribution >= 4 is 66.5 Å². The minimum atomic E-state index is -0.542. The molecule has 0 N–H and O–H groups in total. The molecule has 0 amide bonds. The van der Waals surface area contributed by atoms with Crippen LogP contribution >= 0.6 is 0 Å². The molecule has 6 nitrogen and oxygen atoms in total. The molecule has 4 heterocycles. The molecule has 3 aromatic heterocycles. The van der Waals surface area contributed by atoms with Crippen LogP contribution in [0.3, 0.4) is 0 Å². The molecule has 65 heavy (non-hydrogen) atoms. The molecular formula is C58H41N4O2Pt-3. The van der Waals surface area contributed by atoms with Gasteiger partial charge in [-0.15, -0.1) is 36.6 Å². The van der Waals surface area contributed by atoms with E-state index in [0.717, 1.165) is 44.0 Å². The summed E-state index contributed by atoms with van der Waals surface area (Å²) in [4.78, 5) is 8.60. The van der Waals surface area contributed by atoms with E-state index in [-0.39, 0.29) is 55.3 Å². The van der Waals surface area contributed by atoms with Gasteiger partial charge in [0.05, 0.1) is 23.7 Å². The van der Waals surface area contributed by atoms with Crippen LogP contribution in [0.15, 0.2) is 192 Å². The van der Waals surface area contributed by atoms with Crippen LogP contribution < -0.4 is 14.5 Å². The van der Waals surface area contributed by atoms with Gasteiger partial charge in [0.15, 0.2) is 0 Å². The van der Waals surface area contributed by atoms with Gasteiger partial charge >= 0.3 is 0 Å². The standard InChI is InChI=1S/C58H41N4O2.Pt/c1-58(2,3)40-32-33-59-53(34-40)62-47-28-12-10-24-45(47)54-50(62)36-52(57-55(54)46-25-11-15-31-51(46)64-57)63-42-23-16-22-41(35-42)60-37-61(49-30-14-13-29-48(49)60)56-43(38-18-6-4-7-19-38)26-17-27-44(56)39-20-8-5-9-21-39;/h4-34,37H,1-3H3;/q-3;/i4D,5D,6D,7D,8D,9D,18D,19D,20D;. The predicted octanol–water partition coefficient (Wildman–Crippen LogP) is 15.5. The van der Waals surface area contributed by atoms with E-state index in [2.05, 4.69) is 55.7 Å². The summed E-state index contributed by atoms with van der Waals surface area (Å²) in [5.74, 6) is 1.41. The molecule has 12 rings (SSSR count). The minimum absolute atomic E-state index is 0. The molecule has 318 valence electrons. The Morgan fingerprint density at radius 3 is 2.17 bits per heavy atom. The van der Waals surface area contributed by atoms with Gasteiger partial charge < -0.3 is 23.5 Å². The maximum atomic E-state index is 9.06. The van der Waals surface area contributed by atoms with Crippen LogP contribution in [0.1, 0.15) is 38.7 Å². The number of pyridine rings is 1. The maximum Gasteiger partial charge on any atom is 0.135 e. The fourth-order valence-electron chi connectivity index (χ4n) is 8.80. The molecule has 0 spiro atoms. The summed E-state index contributed by atoms with van der Waals surface area (Å²) in [6.45, 7) is 8.32. The van der Waals surface area contributed by atoms with E-state index < -0.39 is 42.3 Å². The average molecular weight is 1030 g/mol. The van der Waals surface area contributed by atoms with E-state index in [1.165, 1.54) is 6.07 Å². The number of rotatable bonds is 7. The first-order valence-electron chi connectivity index (χ1n) is 25.4. The van der Waals surface area contributed by atoms with Gasteiger partial charge in [0.2, 0.25) is 0 Å². The van der Waals surface area contributed by atoms with Crippen LogP contribution in [0.2, 0.25) is 0 Å². The molecule has 1 aliphatic heterocycles. The molecule has 0 atom stereocenters. The minimum Gasteiger partial charge on any atom is -0.512 e. The van der Waals surface area contributed by atoms with Gasteiger partial charge in [-0.1, -0.05) is 164 Å². The van der Waals surface area contributed by atoms with Crippen molar-refractivity contribution in [1.82, 2.24) is 9.55 Å². The van der Waals surface area contributed by atoms with Gasteiger partial charge in [0.1, 0.15) is 11.4 Å². The van der Waals surface area contributed by atoms with Crippen molar-refractivity contribution in [3.63, 3.8) is 0 Å². The van der Waals surface area contributed by atoms with Crippen molar-refractivity contribution in [1.29, 1.82) is 0 Å². The molecule has 0 fully saturated rings. The Bertz CT molecular complexity index is 4100. The third-order valence-electron chi connectivity index (χ3n) is 11.7. The number of anilines is 4. The third-order valence-corrected chi connectivity index (χ3v) is 11.7. The van der Waals surface area contributed by atoms with Gasteiger partial charge in [-0.2, -0.15) is 6.07 Å². The Morgan fingerprint density at radius 1 is 0.662 bits per heavy atom. The number of para-hydroxylation sites is 5. The van der Waals surface area contributed by atoms with E-state index in [0.29, 0.717) is 51.0 Å². The second-order valence-electron chi connectivity index (χ2n) is 16.6. The summed E-state index contributed by atoms with van der Waals surface area (Å²) in [6.07, 6.45) is 1.84. The van der Waals surface area contributed by atoms with Gasteiger partial charge in [-0.3, -0.25) is 0 Å². The normalized spacial score (nSPS) is 14.5. The zero-order chi connectivity index (χ0) is 50.8. The molecular weight excluding hydrogens is 980 g/mol. The fraction of sp³-hybridized carbons (Fsp3) is 0.0690. The van der Waals surface area contributed by atoms with Crippen LogP contribution in [0.25, 0.3) is 71.8 Å². The smallest absolute Gasteiger partial charge is 0.135 e. The van der Waals surface area contributed by atoms with Crippen molar-refractivity contribution in [2.75, 3.05) is 9.80 Å². The zero-order valence-electron chi connectivity index (χ0n) is 44.2. The summed E-state index contributed by atoms with van der Waals surface area (Å²) in [5.41, 5.74) is 6.73. The van der Waals surface area contributed by atoms with Gasteiger partial charge in [0, 0.05) is 72.1 Å². The SMILES string of the molecule is [2H]c1cc(-c2cccc(-c3c([2H])c([2H])c([2H])c([2H])c3[2H])c2N2[CH-]N(c3[c-]c(Oc4[c-]c5c(c6ccccc6n5-c5cc(C(C)(C)C)ccn5)c5c4oc4ccccc45)ccc3)c3ccccc32)c([2H])c([2H])c1[2H].[Pt]. The number of fused-ring (bicyclic) bond motifs is 8. The third kappa shape index (κ3) is 6.79. The largest absolute Gasteiger partial charge is 0.512 e. The molecule has 0 bridgehead atoms. The van der Waals surface area contributed by atoms with E-state index in [1.807, 2.05) is 94.9 Å². The number of furan rings is 1. The van der Waals surface area contributed by atoms with Crippen LogP contribution in [0.4, 0.5) is 22.7 Å². The number of hydrogen-bond donors (Lipinski definition) is 0. The fourth-order valence-corrected chi connectivity index (χ4v) is 8.80. The van der Waals surface area contributed by atoms with E-state index in [9.17, 15) is 0 Å². The Balaban J connectivity index is 0.00000588. The first-order valence-corrected chi connectivity index (χ1v) is 20.9. The first-order chi connectivity index (χ1) is 35.1. The number of hydrogen-bond acceptors (Lipinski definition) is 5. The summed E-state index contributed by atoms with van der Waals surface area (Å²) < 4.78 is 94.0. The topological polar surface area (TPSA) is 46.7 Å². The number of aromatic nitrogens is 2. The van der Waals surface area contributed by atoms with Crippen LogP contribution in [0.5, 0.6) is 11.5 Å². The number of benzene rings is 8. The molecule has 8 aromatic carbocycles. The van der Waals surface area contributed by atoms with E-state index in [4.69, 9.17) is 26.5 Å². The second-order valence-corrected chi connectivity index (χ2v) is 16.6. The zero-order valence-corrected chi connectivity index (χ0v) is 37.5. The number of nitrogens with zero attached hydrogens (tertiary/aromatic N) is 4. The Labute approximate surface area is 404 Å². The maximum absolute atomic E-state index is 9.06. The van der Waals surface area contributed by atoms with Crippen molar-refractivity contribution in [3.8, 4) is 39.6 Å². The first kappa shape index (κ1) is 31.4. The molecule has 7 heteroatoms. The molecule has 0 unspecified atom stereocenters. The van der Waals surface area contributed by atoms with Crippen LogP contribution in [-0.2, 0) is 26.5 Å². The van der Waals surface area contributed by atoms with E-state index >= 15 is 0 Å². The van der Waals surface area contributed by atoms with Crippen LogP contribution in [0, 0.1) is 18.8 Å². The van der Waals surface area contributed by atoms with Crippen LogP contribution in [-0.4, -0.2) is 9.55 Å². The van der Waals surface area contributed by atoms with Crippen molar-refractivity contribution in [2.24, 2.45) is 0 Å². The van der Waals surface area contributed by atoms with Gasteiger partial charge in [-0.05, 0) is 63.9 Å². The summed E-state index contributed by atoms with van der Waals surface area (Å²) >= 11 is 0. The van der Waals surface area contributed by atoms with Crippen molar-refractivity contribution < 1.29 is 42.6 Å². The van der Waals surface area contributed by atoms with E-state index in [1.54, 1.807) is 30.9 Å². The second kappa shape index (κ2) is 16.0. The summed E-state index contributed by atoms with van der Waals surface area (Å²) in [6, 6.07) is 43.0. The Hall–Kier alpha value is -7.40. The molecule has 11 aromatic rings. The summed E-state index contributed by atoms with van der Waals surface area (Å²) in [5, 5.41) is 3.73. The molecule has 0 saturated carbocycles. The molecule has 1 aliphatic rings.